The van der Waals surface area contributed by atoms with Gasteiger partial charge in [0.2, 0.25) is 5.28 Å². The fraction of sp³-hybridized carbons (Fsp3) is 0. The van der Waals surface area contributed by atoms with Gasteiger partial charge in [0.1, 0.15) is 5.52 Å². The van der Waals surface area contributed by atoms with Crippen molar-refractivity contribution in [3.63, 3.8) is 0 Å². The van der Waals surface area contributed by atoms with Gasteiger partial charge in [0, 0.05) is 32.2 Å². The zero-order valence-corrected chi connectivity index (χ0v) is 17.6. The Morgan fingerprint density at radius 3 is 2.62 bits per heavy atom. The molecule has 10 heteroatoms. The lowest BCUT2D eigenvalue weighted by molar-refractivity contribution is 1.03. The second-order valence-electron chi connectivity index (χ2n) is 6.19. The lowest BCUT2D eigenvalue weighted by Gasteiger charge is -2.08. The Hall–Kier alpha value is -2.45. The number of H-pyrrole nitrogens is 1. The fourth-order valence-corrected chi connectivity index (χ4v) is 4.61. The van der Waals surface area contributed by atoms with E-state index in [4.69, 9.17) is 34.8 Å². The van der Waals surface area contributed by atoms with Crippen molar-refractivity contribution in [3.05, 3.63) is 70.3 Å². The molecule has 3 heterocycles. The highest BCUT2D eigenvalue weighted by molar-refractivity contribution is 8.00. The maximum Gasteiger partial charge on any atom is 0.226 e. The van der Waals surface area contributed by atoms with Gasteiger partial charge in [0.25, 0.3) is 0 Å². The third-order valence-corrected chi connectivity index (χ3v) is 5.70. The quantitative estimate of drug-likeness (QED) is 0.240. The second kappa shape index (κ2) is 7.42. The molecule has 29 heavy (non-hydrogen) atoms. The van der Waals surface area contributed by atoms with Crippen LogP contribution in [0.4, 0.5) is 5.69 Å². The summed E-state index contributed by atoms with van der Waals surface area (Å²) in [5, 5.41) is 2.39. The topological polar surface area (TPSA) is 71.4 Å². The van der Waals surface area contributed by atoms with E-state index in [2.05, 4.69) is 30.7 Å². The Kier molecular flexibility index (Phi) is 4.75. The Morgan fingerprint density at radius 2 is 1.79 bits per heavy atom. The van der Waals surface area contributed by atoms with E-state index in [1.165, 1.54) is 11.9 Å². The first-order valence-corrected chi connectivity index (χ1v) is 10.4. The largest absolute Gasteiger partial charge is 0.340 e. The Balaban J connectivity index is 1.47. The van der Waals surface area contributed by atoms with E-state index in [-0.39, 0.29) is 5.28 Å². The van der Waals surface area contributed by atoms with E-state index >= 15 is 0 Å². The molecule has 0 amide bonds. The molecule has 0 bridgehead atoms. The van der Waals surface area contributed by atoms with Gasteiger partial charge in [-0.1, -0.05) is 23.2 Å². The van der Waals surface area contributed by atoms with Crippen LogP contribution in [-0.4, -0.2) is 24.5 Å². The van der Waals surface area contributed by atoms with Gasteiger partial charge in [0.05, 0.1) is 11.8 Å². The number of hydrogen-bond donors (Lipinski definition) is 2. The van der Waals surface area contributed by atoms with E-state index in [1.807, 2.05) is 41.1 Å². The summed E-state index contributed by atoms with van der Waals surface area (Å²) in [4.78, 5) is 16.7. The van der Waals surface area contributed by atoms with Gasteiger partial charge in [-0.2, -0.15) is 9.97 Å². The van der Waals surface area contributed by atoms with Crippen LogP contribution in [0.3, 0.4) is 0 Å². The number of aromatic amines is 1. The van der Waals surface area contributed by atoms with Crippen molar-refractivity contribution in [2.45, 2.75) is 4.90 Å². The van der Waals surface area contributed by atoms with E-state index in [1.54, 1.807) is 12.4 Å². The van der Waals surface area contributed by atoms with Crippen molar-refractivity contribution < 1.29 is 0 Å². The average molecular weight is 462 g/mol. The highest BCUT2D eigenvalue weighted by Crippen LogP contribution is 2.30. The number of aromatic nitrogens is 5. The summed E-state index contributed by atoms with van der Waals surface area (Å²) in [7, 11) is 0. The number of rotatable bonds is 4. The lowest BCUT2D eigenvalue weighted by Crippen LogP contribution is -1.99. The molecule has 0 aliphatic heterocycles. The van der Waals surface area contributed by atoms with Crippen LogP contribution in [0, 0.1) is 0 Å². The molecule has 5 aromatic rings. The minimum atomic E-state index is 0.149. The summed E-state index contributed by atoms with van der Waals surface area (Å²) < 4.78 is 5.27. The van der Waals surface area contributed by atoms with Crippen molar-refractivity contribution in [1.29, 1.82) is 0 Å². The first kappa shape index (κ1) is 18.6. The summed E-state index contributed by atoms with van der Waals surface area (Å²) in [6.07, 6.45) is 3.52. The summed E-state index contributed by atoms with van der Waals surface area (Å²) in [6.45, 7) is 0. The third-order valence-electron chi connectivity index (χ3n) is 4.28. The highest BCUT2D eigenvalue weighted by Gasteiger charge is 2.13. The zero-order valence-electron chi connectivity index (χ0n) is 14.5. The number of anilines is 1. The van der Waals surface area contributed by atoms with Crippen LogP contribution in [0.15, 0.2) is 59.9 Å². The van der Waals surface area contributed by atoms with Gasteiger partial charge in [0.15, 0.2) is 11.5 Å². The average Bonchev–Trinajstić information content (AvgIpc) is 3.31. The summed E-state index contributed by atoms with van der Waals surface area (Å²) in [5.74, 6) is 0.649. The van der Waals surface area contributed by atoms with E-state index in [0.29, 0.717) is 21.5 Å². The van der Waals surface area contributed by atoms with Crippen molar-refractivity contribution in [2.75, 3.05) is 4.72 Å². The van der Waals surface area contributed by atoms with Crippen molar-refractivity contribution in [1.82, 2.24) is 24.5 Å². The molecule has 3 aromatic heterocycles. The minimum absolute atomic E-state index is 0.149. The molecule has 2 aromatic carbocycles. The minimum Gasteiger partial charge on any atom is -0.340 e. The third kappa shape index (κ3) is 3.62. The Labute approximate surface area is 184 Å². The van der Waals surface area contributed by atoms with Crippen LogP contribution >= 0.6 is 46.8 Å². The molecule has 2 N–H and O–H groups in total. The van der Waals surface area contributed by atoms with Gasteiger partial charge in [-0.3, -0.25) is 4.57 Å². The van der Waals surface area contributed by atoms with Crippen molar-refractivity contribution in [2.24, 2.45) is 0 Å². The molecule has 0 spiro atoms. The van der Waals surface area contributed by atoms with Crippen LogP contribution in [0.1, 0.15) is 0 Å². The van der Waals surface area contributed by atoms with Crippen LogP contribution < -0.4 is 4.72 Å². The second-order valence-corrected chi connectivity index (χ2v) is 8.28. The van der Waals surface area contributed by atoms with Crippen LogP contribution in [0.5, 0.6) is 0 Å². The SMILES string of the molecule is Clc1cc(Cl)cc(SNc2ccc3c(ccn3-c3nc(Cl)nc4nc[nH]c34)c2)c1. The van der Waals surface area contributed by atoms with Crippen molar-refractivity contribution >= 4 is 74.5 Å². The number of benzene rings is 2. The molecule has 0 aliphatic carbocycles. The number of halogens is 3. The van der Waals surface area contributed by atoms with Gasteiger partial charge in [-0.25, -0.2) is 4.98 Å². The molecule has 6 nitrogen and oxygen atoms in total. The molecular weight excluding hydrogens is 451 g/mol. The van der Waals surface area contributed by atoms with Gasteiger partial charge in [-0.05, 0) is 66.0 Å². The maximum atomic E-state index is 6.07. The number of imidazole rings is 1. The summed E-state index contributed by atoms with van der Waals surface area (Å²) >= 11 is 19.6. The molecule has 5 rings (SSSR count). The first-order chi connectivity index (χ1) is 14.1. The van der Waals surface area contributed by atoms with E-state index in [9.17, 15) is 0 Å². The Bertz CT molecular complexity index is 1340. The standard InChI is InChI=1S/C19H11Cl3N6S/c20-11-6-12(21)8-14(7-11)29-27-13-1-2-15-10(5-13)3-4-28(15)18-16-17(24-9-23-16)25-19(22)26-18/h1-9,27H,(H,23,24,25,26). The van der Waals surface area contributed by atoms with Crippen LogP contribution in [0.2, 0.25) is 15.3 Å². The predicted molar refractivity (Wildman–Crippen MR) is 119 cm³/mol. The van der Waals surface area contributed by atoms with Gasteiger partial charge in [-0.15, -0.1) is 0 Å². The number of nitrogens with one attached hydrogen (secondary N) is 2. The molecule has 0 fully saturated rings. The molecule has 0 aliphatic rings. The molecule has 0 atom stereocenters. The molecule has 0 unspecified atom stereocenters. The summed E-state index contributed by atoms with van der Waals surface area (Å²) in [5.41, 5.74) is 3.18. The molecule has 0 radical (unpaired) electrons. The lowest BCUT2D eigenvalue weighted by atomic mass is 10.2. The molecule has 144 valence electrons. The number of nitrogens with zero attached hydrogens (tertiary/aromatic N) is 4. The fourth-order valence-electron chi connectivity index (χ4n) is 3.06. The van der Waals surface area contributed by atoms with Crippen molar-refractivity contribution in [3.8, 4) is 5.82 Å². The zero-order chi connectivity index (χ0) is 20.0. The van der Waals surface area contributed by atoms with E-state index in [0.717, 1.165) is 27.0 Å². The highest BCUT2D eigenvalue weighted by atomic mass is 35.5. The summed E-state index contributed by atoms with van der Waals surface area (Å²) in [6, 6.07) is 13.5. The number of hydrogen-bond acceptors (Lipinski definition) is 5. The van der Waals surface area contributed by atoms with Crippen LogP contribution in [0.25, 0.3) is 27.9 Å². The number of fused-ring (bicyclic) bond motifs is 2. The normalized spacial score (nSPS) is 11.4. The molecule has 0 saturated heterocycles. The first-order valence-electron chi connectivity index (χ1n) is 8.44. The van der Waals surface area contributed by atoms with Gasteiger partial charge >= 0.3 is 0 Å². The molecular formula is C19H11Cl3N6S. The Morgan fingerprint density at radius 1 is 0.966 bits per heavy atom. The monoisotopic (exact) mass is 460 g/mol. The maximum absolute atomic E-state index is 6.07. The smallest absolute Gasteiger partial charge is 0.226 e. The van der Waals surface area contributed by atoms with Crippen LogP contribution in [-0.2, 0) is 0 Å². The van der Waals surface area contributed by atoms with E-state index < -0.39 is 0 Å². The van der Waals surface area contributed by atoms with Gasteiger partial charge < -0.3 is 9.71 Å². The predicted octanol–water partition coefficient (Wildman–Crippen LogP) is 6.38. The molecule has 0 saturated carbocycles.